The Morgan fingerprint density at radius 3 is 2.70 bits per heavy atom. The van der Waals surface area contributed by atoms with Gasteiger partial charge < -0.3 is 5.73 Å². The summed E-state index contributed by atoms with van der Waals surface area (Å²) in [6.07, 6.45) is 0. The van der Waals surface area contributed by atoms with Crippen LogP contribution in [0, 0.1) is 16.2 Å². The smallest absolute Gasteiger partial charge is 0.272 e. The van der Waals surface area contributed by atoms with Crippen LogP contribution in [0.15, 0.2) is 18.2 Å². The van der Waals surface area contributed by atoms with Crippen LogP contribution in [0.4, 0.5) is 11.4 Å². The van der Waals surface area contributed by atoms with Crippen molar-refractivity contribution in [2.75, 3.05) is 5.73 Å². The molecule has 0 spiro atoms. The number of nitrogens with zero attached hydrogens (tertiary/aromatic N) is 1. The molecule has 0 aromatic heterocycles. The lowest BCUT2D eigenvalue weighted by molar-refractivity contribution is -0.384. The molecule has 0 amide bonds. The first-order valence-corrected chi connectivity index (χ1v) is 2.61. The molecule has 0 aliphatic heterocycles. The molecule has 4 nitrogen and oxygen atoms in total. The summed E-state index contributed by atoms with van der Waals surface area (Å²) in [5.41, 5.74) is 5.59. The quantitative estimate of drug-likeness (QED) is 0.356. The number of nitrogens with two attached hydrogens (primary N) is 1. The van der Waals surface area contributed by atoms with Crippen LogP contribution >= 0.6 is 0 Å². The van der Waals surface area contributed by atoms with Gasteiger partial charge in [-0.1, -0.05) is 0 Å². The molecule has 1 rings (SSSR count). The lowest BCUT2D eigenvalue weighted by Gasteiger charge is -1.90. The van der Waals surface area contributed by atoms with Gasteiger partial charge in [0.25, 0.3) is 5.69 Å². The average molecular weight is 137 g/mol. The highest BCUT2D eigenvalue weighted by Crippen LogP contribution is 2.12. The average Bonchev–Trinajstić information content (AvgIpc) is 1.88. The Hall–Kier alpha value is -1.58. The van der Waals surface area contributed by atoms with Crippen LogP contribution in [0.5, 0.6) is 0 Å². The van der Waals surface area contributed by atoms with Crippen molar-refractivity contribution in [1.29, 1.82) is 0 Å². The van der Waals surface area contributed by atoms with Gasteiger partial charge >= 0.3 is 0 Å². The molecule has 10 heavy (non-hydrogen) atoms. The maximum absolute atomic E-state index is 10.1. The summed E-state index contributed by atoms with van der Waals surface area (Å²) in [6.45, 7) is 0. The van der Waals surface area contributed by atoms with Gasteiger partial charge in [-0.15, -0.1) is 0 Å². The maximum atomic E-state index is 10.1. The Labute approximate surface area is 57.4 Å². The van der Waals surface area contributed by atoms with E-state index in [0.29, 0.717) is 5.69 Å². The largest absolute Gasteiger partial charge is 0.399 e. The summed E-state index contributed by atoms with van der Waals surface area (Å²) in [5, 5.41) is 10.1. The molecule has 0 atom stereocenters. The number of nitro groups is 1. The van der Waals surface area contributed by atoms with Crippen molar-refractivity contribution in [3.8, 4) is 0 Å². The Morgan fingerprint density at radius 2 is 2.30 bits per heavy atom. The van der Waals surface area contributed by atoms with Crippen LogP contribution in [0.2, 0.25) is 0 Å². The summed E-state index contributed by atoms with van der Waals surface area (Å²) in [5.74, 6) is 0. The van der Waals surface area contributed by atoms with Crippen molar-refractivity contribution in [1.82, 2.24) is 0 Å². The van der Waals surface area contributed by atoms with Crippen LogP contribution in [-0.4, -0.2) is 4.92 Å². The number of hydrogen-bond donors (Lipinski definition) is 1. The van der Waals surface area contributed by atoms with Gasteiger partial charge in [-0.05, 0) is 12.1 Å². The minimum absolute atomic E-state index is 0.0278. The normalized spacial score (nSPS) is 9.20. The maximum Gasteiger partial charge on any atom is 0.272 e. The molecule has 51 valence electrons. The Morgan fingerprint density at radius 1 is 1.60 bits per heavy atom. The first kappa shape index (κ1) is 6.54. The molecule has 4 heteroatoms. The van der Waals surface area contributed by atoms with Crippen LogP contribution in [0.25, 0.3) is 0 Å². The van der Waals surface area contributed by atoms with Gasteiger partial charge in [0, 0.05) is 17.8 Å². The fourth-order valence-electron chi connectivity index (χ4n) is 0.583. The Kier molecular flexibility index (Phi) is 1.53. The van der Waals surface area contributed by atoms with Gasteiger partial charge in [0.2, 0.25) is 0 Å². The first-order valence-electron chi connectivity index (χ1n) is 2.61. The number of anilines is 1. The van der Waals surface area contributed by atoms with E-state index in [0.717, 1.165) is 0 Å². The predicted octanol–water partition coefficient (Wildman–Crippen LogP) is 0.977. The number of nitro benzene ring substituents is 1. The van der Waals surface area contributed by atoms with Gasteiger partial charge in [-0.2, -0.15) is 0 Å². The fourth-order valence-corrected chi connectivity index (χ4v) is 0.583. The van der Waals surface area contributed by atoms with Crippen LogP contribution in [0.1, 0.15) is 0 Å². The molecule has 0 aliphatic carbocycles. The van der Waals surface area contributed by atoms with E-state index in [1.807, 2.05) is 0 Å². The highest BCUT2D eigenvalue weighted by atomic mass is 16.6. The molecule has 0 bridgehead atoms. The molecule has 0 unspecified atom stereocenters. The van der Waals surface area contributed by atoms with E-state index in [2.05, 4.69) is 6.07 Å². The second kappa shape index (κ2) is 2.34. The van der Waals surface area contributed by atoms with E-state index in [1.54, 1.807) is 0 Å². The van der Waals surface area contributed by atoms with E-state index in [4.69, 9.17) is 5.73 Å². The molecule has 1 radical (unpaired) electrons. The molecule has 2 N–H and O–H groups in total. The number of hydrogen-bond acceptors (Lipinski definition) is 3. The molecular formula is C6H5N2O2. The van der Waals surface area contributed by atoms with Gasteiger partial charge in [0.15, 0.2) is 0 Å². The zero-order chi connectivity index (χ0) is 7.56. The summed E-state index contributed by atoms with van der Waals surface area (Å²) >= 11 is 0. The van der Waals surface area contributed by atoms with Gasteiger partial charge in [0.05, 0.1) is 4.92 Å². The van der Waals surface area contributed by atoms with Crippen LogP contribution < -0.4 is 5.73 Å². The van der Waals surface area contributed by atoms with E-state index in [-0.39, 0.29) is 5.69 Å². The minimum Gasteiger partial charge on any atom is -0.399 e. The molecule has 0 aliphatic rings. The van der Waals surface area contributed by atoms with Gasteiger partial charge in [0.1, 0.15) is 0 Å². The summed E-state index contributed by atoms with van der Waals surface area (Å²) in [6, 6.07) is 6.59. The summed E-state index contributed by atoms with van der Waals surface area (Å²) in [7, 11) is 0. The topological polar surface area (TPSA) is 69.2 Å². The van der Waals surface area contributed by atoms with Crippen molar-refractivity contribution >= 4 is 11.4 Å². The zero-order valence-corrected chi connectivity index (χ0v) is 5.07. The minimum atomic E-state index is -0.507. The fraction of sp³-hybridized carbons (Fsp3) is 0. The second-order valence-corrected chi connectivity index (χ2v) is 1.78. The highest BCUT2D eigenvalue weighted by Gasteiger charge is 2.02. The SMILES string of the molecule is Nc1c[c]cc([N+](=O)[O-])c1. The Bertz CT molecular complexity index is 260. The molecule has 0 heterocycles. The van der Waals surface area contributed by atoms with Crippen molar-refractivity contribution in [2.24, 2.45) is 0 Å². The van der Waals surface area contributed by atoms with Crippen LogP contribution in [0.3, 0.4) is 0 Å². The predicted molar refractivity (Wildman–Crippen MR) is 36.3 cm³/mol. The second-order valence-electron chi connectivity index (χ2n) is 1.78. The molecular weight excluding hydrogens is 132 g/mol. The van der Waals surface area contributed by atoms with Crippen molar-refractivity contribution in [2.45, 2.75) is 0 Å². The van der Waals surface area contributed by atoms with Gasteiger partial charge in [-0.3, -0.25) is 10.1 Å². The van der Waals surface area contributed by atoms with Crippen LogP contribution in [-0.2, 0) is 0 Å². The third-order valence-corrected chi connectivity index (χ3v) is 1.01. The molecule has 0 saturated carbocycles. The summed E-state index contributed by atoms with van der Waals surface area (Å²) in [4.78, 5) is 9.58. The monoisotopic (exact) mass is 137 g/mol. The van der Waals surface area contributed by atoms with Gasteiger partial charge in [-0.25, -0.2) is 0 Å². The van der Waals surface area contributed by atoms with Crippen molar-refractivity contribution in [3.63, 3.8) is 0 Å². The lowest BCUT2D eigenvalue weighted by atomic mass is 10.3. The standard InChI is InChI=1S/C6H5N2O2/c7-5-2-1-3-6(4-5)8(9)10/h2-4H,7H2. The summed E-state index contributed by atoms with van der Waals surface area (Å²) < 4.78 is 0. The zero-order valence-electron chi connectivity index (χ0n) is 5.07. The molecule has 1 aromatic carbocycles. The third kappa shape index (κ3) is 1.22. The van der Waals surface area contributed by atoms with Crippen molar-refractivity contribution < 1.29 is 4.92 Å². The van der Waals surface area contributed by atoms with Crippen molar-refractivity contribution in [3.05, 3.63) is 34.4 Å². The molecule has 0 fully saturated rings. The number of nitrogen functional groups attached to an aromatic ring is 1. The number of non-ortho nitro benzene ring substituents is 1. The molecule has 0 saturated heterocycles. The number of rotatable bonds is 1. The van der Waals surface area contributed by atoms with E-state index in [9.17, 15) is 10.1 Å². The molecule has 1 aromatic rings. The van der Waals surface area contributed by atoms with E-state index >= 15 is 0 Å². The highest BCUT2D eigenvalue weighted by molar-refractivity contribution is 5.46. The van der Waals surface area contributed by atoms with E-state index in [1.165, 1.54) is 18.2 Å². The third-order valence-electron chi connectivity index (χ3n) is 1.01. The Balaban J connectivity index is 3.07. The number of benzene rings is 1. The lowest BCUT2D eigenvalue weighted by Crippen LogP contribution is -1.89. The van der Waals surface area contributed by atoms with E-state index < -0.39 is 4.92 Å². The first-order chi connectivity index (χ1) is 4.70.